The molecule has 0 saturated carbocycles. The number of oxime groups is 1. The van der Waals surface area contributed by atoms with Gasteiger partial charge in [-0.05, 0) is 27.1 Å². The van der Waals surface area contributed by atoms with Gasteiger partial charge in [0.25, 0.3) is 0 Å². The third-order valence-corrected chi connectivity index (χ3v) is 2.56. The van der Waals surface area contributed by atoms with Crippen LogP contribution in [0.4, 0.5) is 0 Å². The lowest BCUT2D eigenvalue weighted by Crippen LogP contribution is -2.38. The molecule has 0 aliphatic rings. The number of amidine groups is 1. The summed E-state index contributed by atoms with van der Waals surface area (Å²) in [5.74, 6) is 0.407. The van der Waals surface area contributed by atoms with Crippen LogP contribution in [0.15, 0.2) is 5.16 Å². The molecule has 0 heterocycles. The fraction of sp³-hybridized carbons (Fsp3) is 0.909. The van der Waals surface area contributed by atoms with Gasteiger partial charge in [-0.3, -0.25) is 0 Å². The Morgan fingerprint density at radius 1 is 1.31 bits per heavy atom. The zero-order valence-electron chi connectivity index (χ0n) is 11.0. The average Bonchev–Trinajstić information content (AvgIpc) is 2.24. The van der Waals surface area contributed by atoms with Gasteiger partial charge in [-0.15, -0.1) is 0 Å². The third kappa shape index (κ3) is 6.63. The van der Waals surface area contributed by atoms with Crippen LogP contribution in [0.1, 0.15) is 20.3 Å². The lowest BCUT2D eigenvalue weighted by atomic mass is 10.1. The molecule has 0 saturated heterocycles. The Labute approximate surface area is 98.9 Å². The van der Waals surface area contributed by atoms with E-state index in [-0.39, 0.29) is 5.92 Å². The van der Waals surface area contributed by atoms with Crippen LogP contribution < -0.4 is 5.73 Å². The summed E-state index contributed by atoms with van der Waals surface area (Å²) in [5.41, 5.74) is 5.58. The van der Waals surface area contributed by atoms with Crippen molar-refractivity contribution >= 4 is 5.84 Å². The minimum Gasteiger partial charge on any atom is -0.409 e. The largest absolute Gasteiger partial charge is 0.409 e. The predicted octanol–water partition coefficient (Wildman–Crippen LogP) is 0.643. The molecule has 96 valence electrons. The number of nitrogens with two attached hydrogens (primary N) is 1. The van der Waals surface area contributed by atoms with Gasteiger partial charge >= 0.3 is 0 Å². The topological polar surface area (TPSA) is 65.1 Å². The Morgan fingerprint density at radius 2 is 1.94 bits per heavy atom. The Balaban J connectivity index is 4.10. The molecule has 0 bridgehead atoms. The van der Waals surface area contributed by atoms with Gasteiger partial charge in [-0.1, -0.05) is 19.0 Å². The molecular formula is C11H26N4O. The van der Waals surface area contributed by atoms with E-state index in [1.807, 2.05) is 6.92 Å². The van der Waals surface area contributed by atoms with E-state index in [1.54, 1.807) is 0 Å². The highest BCUT2D eigenvalue weighted by atomic mass is 16.4. The van der Waals surface area contributed by atoms with Gasteiger partial charge in [-0.2, -0.15) is 0 Å². The van der Waals surface area contributed by atoms with Crippen LogP contribution in [0, 0.1) is 5.92 Å². The molecule has 1 atom stereocenters. The van der Waals surface area contributed by atoms with E-state index in [4.69, 9.17) is 10.9 Å². The normalized spacial score (nSPS) is 14.8. The molecule has 0 aromatic heterocycles. The molecule has 1 unspecified atom stereocenters. The van der Waals surface area contributed by atoms with Crippen molar-refractivity contribution in [2.45, 2.75) is 20.3 Å². The van der Waals surface area contributed by atoms with Gasteiger partial charge in [0.05, 0.1) is 0 Å². The van der Waals surface area contributed by atoms with Gasteiger partial charge in [-0.25, -0.2) is 0 Å². The van der Waals surface area contributed by atoms with Crippen LogP contribution in [0.2, 0.25) is 0 Å². The van der Waals surface area contributed by atoms with Crippen molar-refractivity contribution < 1.29 is 5.21 Å². The van der Waals surface area contributed by atoms with Gasteiger partial charge in [0, 0.05) is 25.6 Å². The molecule has 0 rings (SSSR count). The van der Waals surface area contributed by atoms with E-state index < -0.39 is 0 Å². The van der Waals surface area contributed by atoms with E-state index in [0.29, 0.717) is 5.84 Å². The maximum atomic E-state index is 8.60. The zero-order valence-corrected chi connectivity index (χ0v) is 11.0. The van der Waals surface area contributed by atoms with Gasteiger partial charge in [0.2, 0.25) is 0 Å². The Bertz CT molecular complexity index is 206. The summed E-state index contributed by atoms with van der Waals surface area (Å²) in [4.78, 5) is 4.51. The number of nitrogens with zero attached hydrogens (tertiary/aromatic N) is 3. The summed E-state index contributed by atoms with van der Waals surface area (Å²) < 4.78 is 0. The van der Waals surface area contributed by atoms with Crippen molar-refractivity contribution in [2.24, 2.45) is 16.8 Å². The Hall–Kier alpha value is -0.810. The van der Waals surface area contributed by atoms with Crippen molar-refractivity contribution in [3.8, 4) is 0 Å². The lowest BCUT2D eigenvalue weighted by Gasteiger charge is -2.26. The fourth-order valence-electron chi connectivity index (χ4n) is 1.53. The summed E-state index contributed by atoms with van der Waals surface area (Å²) >= 11 is 0. The summed E-state index contributed by atoms with van der Waals surface area (Å²) in [7, 11) is 4.13. The molecule has 0 aromatic rings. The average molecular weight is 230 g/mol. The van der Waals surface area contributed by atoms with E-state index in [2.05, 4.69) is 36.0 Å². The van der Waals surface area contributed by atoms with Crippen LogP contribution >= 0.6 is 0 Å². The molecule has 0 spiro atoms. The summed E-state index contributed by atoms with van der Waals surface area (Å²) in [6, 6.07) is 0. The van der Waals surface area contributed by atoms with E-state index in [9.17, 15) is 0 Å². The predicted molar refractivity (Wildman–Crippen MR) is 67.9 cm³/mol. The second-order valence-corrected chi connectivity index (χ2v) is 4.53. The molecule has 0 aliphatic carbocycles. The first kappa shape index (κ1) is 15.2. The summed E-state index contributed by atoms with van der Waals surface area (Å²) in [6.07, 6.45) is 1.12. The summed E-state index contributed by atoms with van der Waals surface area (Å²) in [5, 5.41) is 11.7. The molecule has 16 heavy (non-hydrogen) atoms. The van der Waals surface area contributed by atoms with E-state index in [1.165, 1.54) is 0 Å². The van der Waals surface area contributed by atoms with Crippen molar-refractivity contribution in [1.82, 2.24) is 9.80 Å². The van der Waals surface area contributed by atoms with Gasteiger partial charge in [0.15, 0.2) is 0 Å². The lowest BCUT2D eigenvalue weighted by molar-refractivity contribution is 0.227. The second kappa shape index (κ2) is 8.35. The fourth-order valence-corrected chi connectivity index (χ4v) is 1.53. The maximum Gasteiger partial charge on any atom is 0.143 e. The molecule has 5 heteroatoms. The van der Waals surface area contributed by atoms with Crippen LogP contribution in [-0.2, 0) is 0 Å². The standard InChI is InChI=1S/C11H26N4O/c1-5-6-15(8-7-14(3)4)9-10(2)11(12)13-16/h10,16H,5-9H2,1-4H3,(H2,12,13). The van der Waals surface area contributed by atoms with Gasteiger partial charge < -0.3 is 20.7 Å². The zero-order chi connectivity index (χ0) is 12.6. The molecule has 0 aliphatic heterocycles. The highest BCUT2D eigenvalue weighted by Gasteiger charge is 2.13. The highest BCUT2D eigenvalue weighted by molar-refractivity contribution is 5.82. The third-order valence-electron chi connectivity index (χ3n) is 2.56. The van der Waals surface area contributed by atoms with Crippen molar-refractivity contribution in [2.75, 3.05) is 40.3 Å². The Morgan fingerprint density at radius 3 is 2.38 bits per heavy atom. The number of rotatable bonds is 8. The number of likely N-dealkylation sites (N-methyl/N-ethyl adjacent to an activating group) is 1. The maximum absolute atomic E-state index is 8.60. The molecule has 0 radical (unpaired) electrons. The summed E-state index contributed by atoms with van der Waals surface area (Å²) in [6.45, 7) is 8.09. The number of hydrogen-bond acceptors (Lipinski definition) is 4. The molecule has 0 aromatic carbocycles. The molecule has 0 amide bonds. The molecule has 5 nitrogen and oxygen atoms in total. The van der Waals surface area contributed by atoms with E-state index in [0.717, 1.165) is 32.6 Å². The minimum absolute atomic E-state index is 0.0960. The van der Waals surface area contributed by atoms with E-state index >= 15 is 0 Å². The molecule has 0 fully saturated rings. The molecular weight excluding hydrogens is 204 g/mol. The van der Waals surface area contributed by atoms with Crippen molar-refractivity contribution in [3.05, 3.63) is 0 Å². The van der Waals surface area contributed by atoms with Crippen LogP contribution in [-0.4, -0.2) is 61.1 Å². The van der Waals surface area contributed by atoms with Crippen molar-refractivity contribution in [3.63, 3.8) is 0 Å². The van der Waals surface area contributed by atoms with Gasteiger partial charge in [0.1, 0.15) is 5.84 Å². The highest BCUT2D eigenvalue weighted by Crippen LogP contribution is 2.01. The second-order valence-electron chi connectivity index (χ2n) is 4.53. The van der Waals surface area contributed by atoms with Crippen molar-refractivity contribution in [1.29, 1.82) is 0 Å². The minimum atomic E-state index is 0.0960. The smallest absolute Gasteiger partial charge is 0.143 e. The first-order valence-electron chi connectivity index (χ1n) is 5.85. The molecule has 3 N–H and O–H groups in total. The van der Waals surface area contributed by atoms with Crippen LogP contribution in [0.3, 0.4) is 0 Å². The first-order chi connectivity index (χ1) is 7.51. The monoisotopic (exact) mass is 230 g/mol. The Kier molecular flexibility index (Phi) is 7.93. The first-order valence-corrected chi connectivity index (χ1v) is 5.85. The van der Waals surface area contributed by atoms with Crippen LogP contribution in [0.25, 0.3) is 0 Å². The quantitative estimate of drug-likeness (QED) is 0.278. The SMILES string of the molecule is CCCN(CCN(C)C)CC(C)C(N)=NO. The van der Waals surface area contributed by atoms with Crippen LogP contribution in [0.5, 0.6) is 0 Å². The number of hydrogen-bond donors (Lipinski definition) is 2.